The number of anilines is 1. The lowest BCUT2D eigenvalue weighted by molar-refractivity contribution is 0.417. The number of nitrogen functional groups attached to an aromatic ring is 1. The quantitative estimate of drug-likeness (QED) is 0.780. The minimum absolute atomic E-state index is 0.0270. The number of rotatable bonds is 2. The Morgan fingerprint density at radius 2 is 2.38 bits per heavy atom. The number of nitrogens with two attached hydrogens (primary N) is 1. The summed E-state index contributed by atoms with van der Waals surface area (Å²) in [5.74, 6) is -0.359. The molecule has 0 fully saturated rings. The van der Waals surface area contributed by atoms with Gasteiger partial charge in [0, 0.05) is 17.2 Å². The Balaban J connectivity index is 2.56. The molecule has 2 N–H and O–H groups in total. The van der Waals surface area contributed by atoms with Crippen LogP contribution in [0.5, 0.6) is 5.75 Å². The predicted molar refractivity (Wildman–Crippen MR) is 57.4 cm³/mol. The van der Waals surface area contributed by atoms with Gasteiger partial charge in [-0.25, -0.2) is 9.37 Å². The molecule has 0 aliphatic carbocycles. The van der Waals surface area contributed by atoms with Gasteiger partial charge in [-0.2, -0.15) is 5.10 Å². The van der Waals surface area contributed by atoms with Crippen LogP contribution in [0.4, 0.5) is 10.1 Å². The first-order chi connectivity index (χ1) is 8.82. The molecule has 0 atom stereocenters. The molecule has 1 heterocycles. The van der Waals surface area contributed by atoms with Crippen molar-refractivity contribution < 1.29 is 13.2 Å². The Morgan fingerprint density at radius 1 is 1.56 bits per heavy atom. The van der Waals surface area contributed by atoms with Crippen LogP contribution in [0.3, 0.4) is 0 Å². The van der Waals surface area contributed by atoms with Crippen LogP contribution < -0.4 is 10.5 Å². The highest BCUT2D eigenvalue weighted by molar-refractivity contribution is 5.73. The van der Waals surface area contributed by atoms with Crippen LogP contribution in [-0.2, 0) is 6.98 Å². The summed E-state index contributed by atoms with van der Waals surface area (Å²) in [4.78, 5) is 3.83. The second kappa shape index (κ2) is 3.80. The Bertz CT molecular complexity index is 611. The van der Waals surface area contributed by atoms with E-state index in [1.54, 1.807) is 0 Å². The van der Waals surface area contributed by atoms with Gasteiger partial charge in [0.2, 0.25) is 0 Å². The van der Waals surface area contributed by atoms with Crippen molar-refractivity contribution in [1.82, 2.24) is 14.8 Å². The molecular formula is C10H11FN4O. The summed E-state index contributed by atoms with van der Waals surface area (Å²) in [5, 5.41) is 3.78. The van der Waals surface area contributed by atoms with Gasteiger partial charge in [0.15, 0.2) is 11.6 Å². The molecular weight excluding hydrogens is 211 g/mol. The van der Waals surface area contributed by atoms with Crippen LogP contribution >= 0.6 is 0 Å². The van der Waals surface area contributed by atoms with Crippen LogP contribution in [-0.4, -0.2) is 21.9 Å². The molecule has 5 nitrogen and oxygen atoms in total. The fourth-order valence-electron chi connectivity index (χ4n) is 1.40. The molecule has 1 aromatic carbocycles. The summed E-state index contributed by atoms with van der Waals surface area (Å²) in [6.07, 6.45) is 1.04. The number of aryl methyl sites for hydroxylation is 1. The van der Waals surface area contributed by atoms with E-state index < -0.39 is 12.8 Å². The molecule has 0 saturated heterocycles. The third-order valence-electron chi connectivity index (χ3n) is 2.02. The van der Waals surface area contributed by atoms with Crippen molar-refractivity contribution in [2.45, 2.75) is 0 Å². The number of halogens is 1. The number of aromatic nitrogens is 3. The SMILES string of the molecule is [2H]C([2H])([2H])n1cnc(-c2cc(F)cc(N)c2OC)n1. The predicted octanol–water partition coefficient (Wildman–Crippen LogP) is 1.21. The first kappa shape index (κ1) is 7.21. The fourth-order valence-corrected chi connectivity index (χ4v) is 1.40. The average molecular weight is 225 g/mol. The summed E-state index contributed by atoms with van der Waals surface area (Å²) >= 11 is 0. The van der Waals surface area contributed by atoms with Crippen molar-refractivity contribution in [1.29, 1.82) is 0 Å². The molecule has 0 aliphatic heterocycles. The van der Waals surface area contributed by atoms with Crippen molar-refractivity contribution in [3.05, 3.63) is 24.3 Å². The maximum atomic E-state index is 13.4. The maximum Gasteiger partial charge on any atom is 0.185 e. The largest absolute Gasteiger partial charge is 0.494 e. The van der Waals surface area contributed by atoms with Gasteiger partial charge in [-0.1, -0.05) is 0 Å². The fraction of sp³-hybridized carbons (Fsp3) is 0.200. The number of hydrogen-bond acceptors (Lipinski definition) is 4. The van der Waals surface area contributed by atoms with Crippen molar-refractivity contribution in [3.8, 4) is 17.1 Å². The molecule has 84 valence electrons. The van der Waals surface area contributed by atoms with E-state index in [1.165, 1.54) is 7.11 Å². The molecule has 1 aromatic heterocycles. The highest BCUT2D eigenvalue weighted by atomic mass is 19.1. The smallest absolute Gasteiger partial charge is 0.185 e. The first-order valence-electron chi connectivity index (χ1n) is 5.88. The van der Waals surface area contributed by atoms with Crippen molar-refractivity contribution in [2.75, 3.05) is 12.8 Å². The summed E-state index contributed by atoms with van der Waals surface area (Å²) in [6, 6.07) is 2.23. The number of hydrogen-bond donors (Lipinski definition) is 1. The third-order valence-corrected chi connectivity index (χ3v) is 2.02. The topological polar surface area (TPSA) is 66.0 Å². The molecule has 0 amide bonds. The normalized spacial score (nSPS) is 14.0. The molecule has 16 heavy (non-hydrogen) atoms. The Labute approximate surface area is 95.9 Å². The molecule has 2 aromatic rings. The Hall–Kier alpha value is -2.11. The summed E-state index contributed by atoms with van der Waals surface area (Å²) in [6.45, 7) is -2.45. The molecule has 0 spiro atoms. The summed E-state index contributed by atoms with van der Waals surface area (Å²) in [5.41, 5.74) is 5.91. The molecule has 0 aliphatic rings. The third kappa shape index (κ3) is 1.69. The van der Waals surface area contributed by atoms with E-state index in [0.717, 1.165) is 18.5 Å². The van der Waals surface area contributed by atoms with E-state index in [4.69, 9.17) is 14.6 Å². The molecule has 0 radical (unpaired) electrons. The number of methoxy groups -OCH3 is 1. The minimum atomic E-state index is -2.45. The van der Waals surface area contributed by atoms with Crippen molar-refractivity contribution in [2.24, 2.45) is 6.98 Å². The monoisotopic (exact) mass is 225 g/mol. The van der Waals surface area contributed by atoms with Gasteiger partial charge in [-0.05, 0) is 6.07 Å². The number of ether oxygens (including phenoxy) is 1. The Morgan fingerprint density at radius 3 is 3.00 bits per heavy atom. The summed E-state index contributed by atoms with van der Waals surface area (Å²) < 4.78 is 40.7. The van der Waals surface area contributed by atoms with E-state index >= 15 is 0 Å². The zero-order valence-electron chi connectivity index (χ0n) is 11.4. The average Bonchev–Trinajstić information content (AvgIpc) is 2.76. The van der Waals surface area contributed by atoms with E-state index in [2.05, 4.69) is 10.1 Å². The summed E-state index contributed by atoms with van der Waals surface area (Å²) in [7, 11) is 1.37. The Kier molecular flexibility index (Phi) is 1.71. The maximum absolute atomic E-state index is 13.4. The van der Waals surface area contributed by atoms with Gasteiger partial charge in [0.25, 0.3) is 0 Å². The second-order valence-electron chi connectivity index (χ2n) is 3.09. The van der Waals surface area contributed by atoms with Gasteiger partial charge in [-0.3, -0.25) is 4.68 Å². The van der Waals surface area contributed by atoms with Crippen LogP contribution in [0.25, 0.3) is 11.4 Å². The minimum Gasteiger partial charge on any atom is -0.494 e. The molecule has 0 saturated carbocycles. The van der Waals surface area contributed by atoms with E-state index in [0.29, 0.717) is 4.68 Å². The second-order valence-corrected chi connectivity index (χ2v) is 3.09. The number of benzene rings is 1. The van der Waals surface area contributed by atoms with Crippen molar-refractivity contribution in [3.63, 3.8) is 0 Å². The standard InChI is InChI=1S/C10H11FN4O/c1-15-5-13-10(14-15)7-3-6(11)4-8(12)9(7)16-2/h3-5H,12H2,1-2H3/i1D3. The van der Waals surface area contributed by atoms with Crippen LogP contribution in [0.15, 0.2) is 18.5 Å². The van der Waals surface area contributed by atoms with E-state index in [-0.39, 0.29) is 22.8 Å². The zero-order valence-corrected chi connectivity index (χ0v) is 8.44. The first-order valence-corrected chi connectivity index (χ1v) is 4.38. The zero-order chi connectivity index (χ0) is 14.2. The number of nitrogens with zero attached hydrogens (tertiary/aromatic N) is 3. The van der Waals surface area contributed by atoms with E-state index in [1.807, 2.05) is 0 Å². The molecule has 2 rings (SSSR count). The molecule has 0 bridgehead atoms. The lowest BCUT2D eigenvalue weighted by Gasteiger charge is -2.08. The van der Waals surface area contributed by atoms with E-state index in [9.17, 15) is 4.39 Å². The van der Waals surface area contributed by atoms with Crippen LogP contribution in [0.1, 0.15) is 4.11 Å². The van der Waals surface area contributed by atoms with Crippen LogP contribution in [0.2, 0.25) is 0 Å². The van der Waals surface area contributed by atoms with Gasteiger partial charge in [0.1, 0.15) is 12.1 Å². The van der Waals surface area contributed by atoms with Gasteiger partial charge in [-0.15, -0.1) is 0 Å². The highest BCUT2D eigenvalue weighted by Gasteiger charge is 2.14. The lowest BCUT2D eigenvalue weighted by atomic mass is 10.1. The lowest BCUT2D eigenvalue weighted by Crippen LogP contribution is -1.98. The molecule has 6 heteroatoms. The van der Waals surface area contributed by atoms with Crippen LogP contribution in [0, 0.1) is 5.82 Å². The molecule has 0 unspecified atom stereocenters. The highest BCUT2D eigenvalue weighted by Crippen LogP contribution is 2.33. The van der Waals surface area contributed by atoms with Gasteiger partial charge in [0.05, 0.1) is 18.4 Å². The van der Waals surface area contributed by atoms with Crippen molar-refractivity contribution >= 4 is 5.69 Å². The van der Waals surface area contributed by atoms with Gasteiger partial charge >= 0.3 is 0 Å². The van der Waals surface area contributed by atoms with Gasteiger partial charge < -0.3 is 10.5 Å².